The van der Waals surface area contributed by atoms with Crippen LogP contribution in [0.4, 0.5) is 0 Å². The molecule has 0 atom stereocenters. The van der Waals surface area contributed by atoms with E-state index in [1.54, 1.807) is 18.1 Å². The molecule has 0 fully saturated rings. The predicted octanol–water partition coefficient (Wildman–Crippen LogP) is 2.84. The first kappa shape index (κ1) is 18.7. The zero-order valence-corrected chi connectivity index (χ0v) is 15.2. The second-order valence-electron chi connectivity index (χ2n) is 6.41. The van der Waals surface area contributed by atoms with Gasteiger partial charge in [0.1, 0.15) is 0 Å². The highest BCUT2D eigenvalue weighted by molar-refractivity contribution is 7.99. The number of nitrogens with zero attached hydrogens (tertiary/aromatic N) is 1. The van der Waals surface area contributed by atoms with Crippen molar-refractivity contribution in [3.05, 3.63) is 66.6 Å². The molecule has 6 heteroatoms. The quantitative estimate of drug-likeness (QED) is 0.490. The summed E-state index contributed by atoms with van der Waals surface area (Å²) in [5, 5.41) is 18.5. The number of aromatic nitrogens is 2. The number of nitrogens with two attached hydrogens (primary N) is 1. The van der Waals surface area contributed by atoms with Crippen molar-refractivity contribution < 1.29 is 10.2 Å². The summed E-state index contributed by atoms with van der Waals surface area (Å²) in [6.45, 7) is -0.433. The van der Waals surface area contributed by atoms with Crippen LogP contribution in [0.15, 0.2) is 70.8 Å². The summed E-state index contributed by atoms with van der Waals surface area (Å²) in [4.78, 5) is 9.47. The van der Waals surface area contributed by atoms with Gasteiger partial charge in [-0.15, -0.1) is 0 Å². The molecule has 136 valence electrons. The van der Waals surface area contributed by atoms with Crippen molar-refractivity contribution in [2.45, 2.75) is 28.2 Å². The number of rotatable bonds is 8. The first-order valence-corrected chi connectivity index (χ1v) is 9.30. The van der Waals surface area contributed by atoms with E-state index in [-0.39, 0.29) is 13.2 Å². The number of aliphatic hydroxyl groups excluding tert-OH is 2. The first-order valence-electron chi connectivity index (χ1n) is 8.48. The summed E-state index contributed by atoms with van der Waals surface area (Å²) in [6, 6.07) is 16.6. The number of H-pyrrole nitrogens is 1. The van der Waals surface area contributed by atoms with Gasteiger partial charge in [-0.3, -0.25) is 0 Å². The molecule has 5 N–H and O–H groups in total. The molecular formula is C20H23N3O2S. The van der Waals surface area contributed by atoms with Crippen molar-refractivity contribution in [1.29, 1.82) is 0 Å². The maximum atomic E-state index is 9.26. The molecule has 2 aromatic carbocycles. The van der Waals surface area contributed by atoms with E-state index < -0.39 is 5.54 Å². The monoisotopic (exact) mass is 369 g/mol. The lowest BCUT2D eigenvalue weighted by Crippen LogP contribution is -2.47. The first-order chi connectivity index (χ1) is 12.6. The van der Waals surface area contributed by atoms with Gasteiger partial charge in [0.2, 0.25) is 0 Å². The normalized spacial score (nSPS) is 11.7. The van der Waals surface area contributed by atoms with Gasteiger partial charge >= 0.3 is 0 Å². The molecule has 5 nitrogen and oxygen atoms in total. The van der Waals surface area contributed by atoms with Crippen LogP contribution in [0.25, 0.3) is 11.3 Å². The minimum Gasteiger partial charge on any atom is -0.394 e. The SMILES string of the molecule is NC(CO)(CO)CCc1ccc(Sc2ccc(-c3cnc[nH]3)cc2)cc1. The van der Waals surface area contributed by atoms with Crippen LogP contribution in [0, 0.1) is 0 Å². The van der Waals surface area contributed by atoms with Crippen LogP contribution < -0.4 is 5.73 Å². The van der Waals surface area contributed by atoms with E-state index in [0.29, 0.717) is 6.42 Å². The fourth-order valence-electron chi connectivity index (χ4n) is 2.58. The molecule has 0 amide bonds. The van der Waals surface area contributed by atoms with E-state index in [1.165, 1.54) is 4.90 Å². The molecule has 1 heterocycles. The summed E-state index contributed by atoms with van der Waals surface area (Å²) in [7, 11) is 0. The molecular weight excluding hydrogens is 346 g/mol. The Kier molecular flexibility index (Phi) is 6.11. The van der Waals surface area contributed by atoms with Crippen LogP contribution in [0.2, 0.25) is 0 Å². The average Bonchev–Trinajstić information content (AvgIpc) is 3.23. The minimum atomic E-state index is -0.913. The van der Waals surface area contributed by atoms with Gasteiger partial charge in [-0.25, -0.2) is 4.98 Å². The summed E-state index contributed by atoms with van der Waals surface area (Å²) < 4.78 is 0. The Bertz CT molecular complexity index is 798. The minimum absolute atomic E-state index is 0.216. The second kappa shape index (κ2) is 8.51. The molecule has 0 saturated heterocycles. The van der Waals surface area contributed by atoms with Gasteiger partial charge in [0.25, 0.3) is 0 Å². The summed E-state index contributed by atoms with van der Waals surface area (Å²) in [5.74, 6) is 0. The van der Waals surface area contributed by atoms with E-state index in [0.717, 1.165) is 28.1 Å². The van der Waals surface area contributed by atoms with Crippen LogP contribution in [0.1, 0.15) is 12.0 Å². The molecule has 3 aromatic rings. The third-order valence-electron chi connectivity index (χ3n) is 4.36. The highest BCUT2D eigenvalue weighted by atomic mass is 32.2. The molecule has 0 radical (unpaired) electrons. The lowest BCUT2D eigenvalue weighted by atomic mass is 9.94. The van der Waals surface area contributed by atoms with Crippen molar-refractivity contribution in [3.63, 3.8) is 0 Å². The fourth-order valence-corrected chi connectivity index (χ4v) is 3.39. The number of hydrogen-bond donors (Lipinski definition) is 4. The number of hydrogen-bond acceptors (Lipinski definition) is 5. The van der Waals surface area contributed by atoms with Crippen LogP contribution in [-0.4, -0.2) is 38.9 Å². The third kappa shape index (κ3) is 4.74. The predicted molar refractivity (Wildman–Crippen MR) is 104 cm³/mol. The van der Waals surface area contributed by atoms with Crippen molar-refractivity contribution in [3.8, 4) is 11.3 Å². The molecule has 0 aliphatic carbocycles. The highest BCUT2D eigenvalue weighted by Gasteiger charge is 2.22. The van der Waals surface area contributed by atoms with Crippen LogP contribution in [-0.2, 0) is 6.42 Å². The van der Waals surface area contributed by atoms with Gasteiger partial charge in [-0.1, -0.05) is 36.0 Å². The standard InChI is InChI=1S/C20H23N3O2S/c21-20(12-24,13-25)10-9-15-1-5-17(6-2-15)26-18-7-3-16(4-8-18)19-11-22-14-23-19/h1-8,11,14,24-25H,9-10,12-13,21H2,(H,22,23). The Labute approximate surface area is 157 Å². The zero-order chi connectivity index (χ0) is 18.4. The summed E-state index contributed by atoms with van der Waals surface area (Å²) in [5.41, 5.74) is 8.26. The lowest BCUT2D eigenvalue weighted by molar-refractivity contribution is 0.115. The zero-order valence-electron chi connectivity index (χ0n) is 14.4. The van der Waals surface area contributed by atoms with Crippen LogP contribution in [0.5, 0.6) is 0 Å². The Morgan fingerprint density at radius 1 is 0.962 bits per heavy atom. The van der Waals surface area contributed by atoms with Gasteiger partial charge in [-0.2, -0.15) is 0 Å². The topological polar surface area (TPSA) is 95.2 Å². The summed E-state index contributed by atoms with van der Waals surface area (Å²) >= 11 is 1.70. The van der Waals surface area contributed by atoms with Gasteiger partial charge in [-0.05, 0) is 48.2 Å². The second-order valence-corrected chi connectivity index (χ2v) is 7.56. The fraction of sp³-hybridized carbons (Fsp3) is 0.250. The molecule has 0 aliphatic heterocycles. The number of aliphatic hydroxyl groups is 2. The maximum absolute atomic E-state index is 9.26. The number of nitrogens with one attached hydrogen (secondary N) is 1. The van der Waals surface area contributed by atoms with Crippen molar-refractivity contribution in [2.24, 2.45) is 5.73 Å². The Morgan fingerprint density at radius 3 is 2.12 bits per heavy atom. The molecule has 26 heavy (non-hydrogen) atoms. The van der Waals surface area contributed by atoms with E-state index in [1.807, 2.05) is 6.20 Å². The Hall–Kier alpha value is -2.12. The number of aryl methyl sites for hydroxylation is 1. The molecule has 0 aliphatic rings. The van der Waals surface area contributed by atoms with Gasteiger partial charge in [0.15, 0.2) is 0 Å². The molecule has 1 aromatic heterocycles. The van der Waals surface area contributed by atoms with Crippen molar-refractivity contribution in [2.75, 3.05) is 13.2 Å². The number of aromatic amines is 1. The van der Waals surface area contributed by atoms with Crippen molar-refractivity contribution >= 4 is 11.8 Å². The van der Waals surface area contributed by atoms with E-state index in [2.05, 4.69) is 58.5 Å². The number of imidazole rings is 1. The van der Waals surface area contributed by atoms with Crippen LogP contribution >= 0.6 is 11.8 Å². The largest absolute Gasteiger partial charge is 0.394 e. The van der Waals surface area contributed by atoms with Crippen LogP contribution in [0.3, 0.4) is 0 Å². The number of benzene rings is 2. The smallest absolute Gasteiger partial charge is 0.0924 e. The third-order valence-corrected chi connectivity index (χ3v) is 5.38. The molecule has 0 spiro atoms. The van der Waals surface area contributed by atoms with Gasteiger partial charge < -0.3 is 20.9 Å². The molecule has 0 saturated carbocycles. The molecule has 0 unspecified atom stereocenters. The molecule has 0 bridgehead atoms. The van der Waals surface area contributed by atoms with Gasteiger partial charge in [0, 0.05) is 9.79 Å². The van der Waals surface area contributed by atoms with E-state index >= 15 is 0 Å². The lowest BCUT2D eigenvalue weighted by Gasteiger charge is -2.24. The Morgan fingerprint density at radius 2 is 1.58 bits per heavy atom. The maximum Gasteiger partial charge on any atom is 0.0924 e. The van der Waals surface area contributed by atoms with Gasteiger partial charge in [0.05, 0.1) is 37.0 Å². The van der Waals surface area contributed by atoms with E-state index in [9.17, 15) is 10.2 Å². The van der Waals surface area contributed by atoms with Crippen molar-refractivity contribution in [1.82, 2.24) is 9.97 Å². The molecule has 3 rings (SSSR count). The summed E-state index contributed by atoms with van der Waals surface area (Å²) in [6.07, 6.45) is 4.75. The average molecular weight is 369 g/mol. The van der Waals surface area contributed by atoms with E-state index in [4.69, 9.17) is 5.73 Å². The highest BCUT2D eigenvalue weighted by Crippen LogP contribution is 2.29. The Balaban J connectivity index is 1.59.